The molecule has 3 N–H and O–H groups in total. The third-order valence-corrected chi connectivity index (χ3v) is 2.86. The lowest BCUT2D eigenvalue weighted by molar-refractivity contribution is -0.117. The number of hydrogen-bond donors (Lipinski definition) is 2. The van der Waals surface area contributed by atoms with Gasteiger partial charge in [-0.3, -0.25) is 4.79 Å². The number of benzene rings is 2. The molecule has 2 rings (SSSR count). The summed E-state index contributed by atoms with van der Waals surface area (Å²) in [5, 5.41) is 2.63. The van der Waals surface area contributed by atoms with Crippen molar-refractivity contribution in [2.45, 2.75) is 6.04 Å². The second-order valence-electron chi connectivity index (χ2n) is 4.22. The SMILES string of the molecule is COc1cc(F)ccc1NC(=O)C(N)c1ccccc1. The van der Waals surface area contributed by atoms with Crippen molar-refractivity contribution in [3.8, 4) is 5.75 Å². The van der Waals surface area contributed by atoms with Crippen molar-refractivity contribution >= 4 is 11.6 Å². The predicted molar refractivity (Wildman–Crippen MR) is 75.0 cm³/mol. The molecule has 1 unspecified atom stereocenters. The maximum Gasteiger partial charge on any atom is 0.245 e. The van der Waals surface area contributed by atoms with Gasteiger partial charge in [-0.25, -0.2) is 4.39 Å². The largest absolute Gasteiger partial charge is 0.494 e. The molecule has 1 atom stereocenters. The fourth-order valence-electron chi connectivity index (χ4n) is 1.79. The van der Waals surface area contributed by atoms with Crippen LogP contribution in [-0.4, -0.2) is 13.0 Å². The second-order valence-corrected chi connectivity index (χ2v) is 4.22. The van der Waals surface area contributed by atoms with Gasteiger partial charge in [0.2, 0.25) is 5.91 Å². The first-order valence-corrected chi connectivity index (χ1v) is 6.06. The van der Waals surface area contributed by atoms with Gasteiger partial charge in [-0.1, -0.05) is 30.3 Å². The Balaban J connectivity index is 2.16. The molecule has 0 aliphatic carbocycles. The summed E-state index contributed by atoms with van der Waals surface area (Å²) < 4.78 is 18.1. The number of methoxy groups -OCH3 is 1. The molecular formula is C15H15FN2O2. The molecule has 0 bridgehead atoms. The summed E-state index contributed by atoms with van der Waals surface area (Å²) in [4.78, 5) is 12.1. The number of rotatable bonds is 4. The Bertz CT molecular complexity index is 602. The van der Waals surface area contributed by atoms with Gasteiger partial charge >= 0.3 is 0 Å². The molecule has 20 heavy (non-hydrogen) atoms. The Morgan fingerprint density at radius 2 is 1.95 bits per heavy atom. The molecule has 2 aromatic carbocycles. The Labute approximate surface area is 116 Å². The fraction of sp³-hybridized carbons (Fsp3) is 0.133. The van der Waals surface area contributed by atoms with Crippen molar-refractivity contribution in [2.24, 2.45) is 5.73 Å². The molecule has 0 saturated carbocycles. The quantitative estimate of drug-likeness (QED) is 0.900. The average Bonchev–Trinajstić information content (AvgIpc) is 2.49. The van der Waals surface area contributed by atoms with Gasteiger partial charge in [-0.05, 0) is 17.7 Å². The monoisotopic (exact) mass is 274 g/mol. The standard InChI is InChI=1S/C15H15FN2O2/c1-20-13-9-11(16)7-8-12(13)18-15(19)14(17)10-5-3-2-4-6-10/h2-9,14H,17H2,1H3,(H,18,19). The normalized spacial score (nSPS) is 11.8. The Kier molecular flexibility index (Phi) is 4.32. The molecule has 0 aliphatic rings. The van der Waals surface area contributed by atoms with E-state index < -0.39 is 11.9 Å². The lowest BCUT2D eigenvalue weighted by Crippen LogP contribution is -2.27. The lowest BCUT2D eigenvalue weighted by Gasteiger charge is -2.14. The van der Waals surface area contributed by atoms with Crippen molar-refractivity contribution < 1.29 is 13.9 Å². The highest BCUT2D eigenvalue weighted by Gasteiger charge is 2.17. The van der Waals surface area contributed by atoms with Gasteiger partial charge in [0, 0.05) is 6.07 Å². The molecule has 5 heteroatoms. The first kappa shape index (κ1) is 14.0. The zero-order valence-electron chi connectivity index (χ0n) is 11.0. The van der Waals surface area contributed by atoms with Gasteiger partial charge in [0.1, 0.15) is 17.6 Å². The van der Waals surface area contributed by atoms with Crippen LogP contribution in [0.4, 0.5) is 10.1 Å². The first-order valence-electron chi connectivity index (χ1n) is 6.06. The lowest BCUT2D eigenvalue weighted by atomic mass is 10.1. The second kappa shape index (κ2) is 6.16. The van der Waals surface area contributed by atoms with E-state index >= 15 is 0 Å². The van der Waals surface area contributed by atoms with E-state index in [0.29, 0.717) is 11.3 Å². The molecule has 2 aromatic rings. The van der Waals surface area contributed by atoms with Crippen LogP contribution in [0.5, 0.6) is 5.75 Å². The maximum absolute atomic E-state index is 13.1. The van der Waals surface area contributed by atoms with Gasteiger partial charge in [-0.15, -0.1) is 0 Å². The van der Waals surface area contributed by atoms with E-state index in [1.54, 1.807) is 24.3 Å². The number of hydrogen-bond acceptors (Lipinski definition) is 3. The molecular weight excluding hydrogens is 259 g/mol. The topological polar surface area (TPSA) is 64.3 Å². The van der Waals surface area contributed by atoms with Crippen LogP contribution in [0, 0.1) is 5.82 Å². The van der Waals surface area contributed by atoms with Crippen LogP contribution in [0.3, 0.4) is 0 Å². The van der Waals surface area contributed by atoms with Crippen molar-refractivity contribution in [1.82, 2.24) is 0 Å². The van der Waals surface area contributed by atoms with E-state index in [1.165, 1.54) is 25.3 Å². The van der Waals surface area contributed by atoms with Crippen LogP contribution >= 0.6 is 0 Å². The Morgan fingerprint density at radius 3 is 2.60 bits per heavy atom. The summed E-state index contributed by atoms with van der Waals surface area (Å²) in [6, 6.07) is 12.1. The molecule has 0 aromatic heterocycles. The number of anilines is 1. The molecule has 104 valence electrons. The molecule has 0 aliphatic heterocycles. The minimum absolute atomic E-state index is 0.249. The third-order valence-electron chi connectivity index (χ3n) is 2.86. The number of halogens is 1. The summed E-state index contributed by atoms with van der Waals surface area (Å²) >= 11 is 0. The average molecular weight is 274 g/mol. The van der Waals surface area contributed by atoms with Crippen molar-refractivity contribution in [3.63, 3.8) is 0 Å². The molecule has 0 radical (unpaired) electrons. The summed E-state index contributed by atoms with van der Waals surface area (Å²) in [6.45, 7) is 0. The van der Waals surface area contributed by atoms with Gasteiger partial charge in [0.15, 0.2) is 0 Å². The van der Waals surface area contributed by atoms with Gasteiger partial charge in [-0.2, -0.15) is 0 Å². The Morgan fingerprint density at radius 1 is 1.25 bits per heavy atom. The minimum atomic E-state index is -0.800. The van der Waals surface area contributed by atoms with Crippen LogP contribution in [0.2, 0.25) is 0 Å². The highest BCUT2D eigenvalue weighted by Crippen LogP contribution is 2.25. The molecule has 4 nitrogen and oxygen atoms in total. The maximum atomic E-state index is 13.1. The van der Waals surface area contributed by atoms with Gasteiger partial charge in [0.25, 0.3) is 0 Å². The summed E-state index contributed by atoms with van der Waals surface area (Å²) in [5.41, 5.74) is 6.96. The number of carbonyl (C=O) groups is 1. The van der Waals surface area contributed by atoms with E-state index in [0.717, 1.165) is 0 Å². The molecule has 0 fully saturated rings. The highest BCUT2D eigenvalue weighted by molar-refractivity contribution is 5.96. The van der Waals surface area contributed by atoms with Crippen LogP contribution in [0.25, 0.3) is 0 Å². The minimum Gasteiger partial charge on any atom is -0.494 e. The predicted octanol–water partition coefficient (Wildman–Crippen LogP) is 2.47. The summed E-state index contributed by atoms with van der Waals surface area (Å²) in [6.07, 6.45) is 0. The van der Waals surface area contributed by atoms with Crippen molar-refractivity contribution in [3.05, 3.63) is 59.9 Å². The number of nitrogens with one attached hydrogen (secondary N) is 1. The van der Waals surface area contributed by atoms with Crippen molar-refractivity contribution in [1.29, 1.82) is 0 Å². The zero-order valence-corrected chi connectivity index (χ0v) is 11.0. The van der Waals surface area contributed by atoms with E-state index in [9.17, 15) is 9.18 Å². The van der Waals surface area contributed by atoms with E-state index in [2.05, 4.69) is 5.32 Å². The van der Waals surface area contributed by atoms with Crippen LogP contribution in [0.1, 0.15) is 11.6 Å². The smallest absolute Gasteiger partial charge is 0.245 e. The number of ether oxygens (including phenoxy) is 1. The van der Waals surface area contributed by atoms with Crippen LogP contribution in [-0.2, 0) is 4.79 Å². The van der Waals surface area contributed by atoms with Crippen LogP contribution in [0.15, 0.2) is 48.5 Å². The summed E-state index contributed by atoms with van der Waals surface area (Å²) in [5.74, 6) is -0.577. The van der Waals surface area contributed by atoms with Crippen LogP contribution < -0.4 is 15.8 Å². The van der Waals surface area contributed by atoms with E-state index in [-0.39, 0.29) is 11.7 Å². The number of nitrogens with two attached hydrogens (primary N) is 1. The molecule has 0 saturated heterocycles. The third kappa shape index (κ3) is 3.13. The molecule has 0 spiro atoms. The molecule has 1 amide bonds. The fourth-order valence-corrected chi connectivity index (χ4v) is 1.79. The van der Waals surface area contributed by atoms with Gasteiger partial charge in [0.05, 0.1) is 12.8 Å². The number of carbonyl (C=O) groups excluding carboxylic acids is 1. The van der Waals surface area contributed by atoms with E-state index in [4.69, 9.17) is 10.5 Å². The zero-order chi connectivity index (χ0) is 14.5. The van der Waals surface area contributed by atoms with E-state index in [1.807, 2.05) is 6.07 Å². The highest BCUT2D eigenvalue weighted by atomic mass is 19.1. The van der Waals surface area contributed by atoms with Gasteiger partial charge < -0.3 is 15.8 Å². The van der Waals surface area contributed by atoms with Crippen molar-refractivity contribution in [2.75, 3.05) is 12.4 Å². The summed E-state index contributed by atoms with van der Waals surface area (Å²) in [7, 11) is 1.40. The number of amides is 1. The Hall–Kier alpha value is -2.40. The molecule has 0 heterocycles. The first-order chi connectivity index (χ1) is 9.61.